The molecule has 4 aliphatic carbocycles. The molecule has 0 aliphatic heterocycles. The van der Waals surface area contributed by atoms with E-state index < -0.39 is 0 Å². The Bertz CT molecular complexity index is 936. The van der Waals surface area contributed by atoms with Crippen molar-refractivity contribution in [2.75, 3.05) is 20.6 Å². The van der Waals surface area contributed by atoms with Gasteiger partial charge in [-0.15, -0.1) is 0 Å². The van der Waals surface area contributed by atoms with E-state index in [9.17, 15) is 14.4 Å². The fourth-order valence-corrected chi connectivity index (χ4v) is 10.1. The molecule has 7 nitrogen and oxygen atoms in total. The van der Waals surface area contributed by atoms with Crippen LogP contribution in [0.1, 0.15) is 205 Å². The molecule has 0 spiro atoms. The Balaban J connectivity index is 0.996. The molecule has 7 heteroatoms. The van der Waals surface area contributed by atoms with Crippen LogP contribution in [0.3, 0.4) is 0 Å². The van der Waals surface area contributed by atoms with Crippen molar-refractivity contribution in [2.24, 2.45) is 23.7 Å². The lowest BCUT2D eigenvalue weighted by molar-refractivity contribution is -0.153. The predicted molar refractivity (Wildman–Crippen MR) is 210 cm³/mol. The van der Waals surface area contributed by atoms with E-state index in [0.717, 1.165) is 139 Å². The average molecular weight is 730 g/mol. The van der Waals surface area contributed by atoms with Crippen LogP contribution in [0.4, 0.5) is 0 Å². The van der Waals surface area contributed by atoms with Crippen LogP contribution >= 0.6 is 0 Å². The van der Waals surface area contributed by atoms with Gasteiger partial charge < -0.3 is 19.1 Å². The molecule has 0 heterocycles. The van der Waals surface area contributed by atoms with Gasteiger partial charge in [0, 0.05) is 19.3 Å². The lowest BCUT2D eigenvalue weighted by Gasteiger charge is -2.38. The van der Waals surface area contributed by atoms with Gasteiger partial charge in [-0.2, -0.15) is 0 Å². The van der Waals surface area contributed by atoms with E-state index in [1.165, 1.54) is 77.0 Å². The number of carbonyl (C=O) groups is 3. The van der Waals surface area contributed by atoms with Gasteiger partial charge in [0.25, 0.3) is 0 Å². The molecule has 0 aromatic rings. The molecule has 52 heavy (non-hydrogen) atoms. The SMILES string of the molecule is CN(C)CCCC(=O)OC(CCCCCCCCC(=O)OC1CCC2CCCCC2C1)CCCCCCCCC(=O)OC1CCC2CCCCC2C1. The van der Waals surface area contributed by atoms with Crippen LogP contribution in [0.2, 0.25) is 0 Å². The molecule has 4 aliphatic rings. The zero-order valence-corrected chi connectivity index (χ0v) is 33.8. The molecular weight excluding hydrogens is 650 g/mol. The summed E-state index contributed by atoms with van der Waals surface area (Å²) in [5, 5.41) is 0. The highest BCUT2D eigenvalue weighted by Crippen LogP contribution is 2.42. The Morgan fingerprint density at radius 2 is 0.885 bits per heavy atom. The number of hydrogen-bond donors (Lipinski definition) is 0. The highest BCUT2D eigenvalue weighted by atomic mass is 16.6. The number of unbranched alkanes of at least 4 members (excludes halogenated alkanes) is 10. The van der Waals surface area contributed by atoms with Crippen molar-refractivity contribution in [1.29, 1.82) is 0 Å². The highest BCUT2D eigenvalue weighted by Gasteiger charge is 2.34. The minimum atomic E-state index is -0.0517. The van der Waals surface area contributed by atoms with Crippen LogP contribution < -0.4 is 0 Å². The Labute approximate surface area is 318 Å². The Morgan fingerprint density at radius 1 is 0.481 bits per heavy atom. The summed E-state index contributed by atoms with van der Waals surface area (Å²) in [6.45, 7) is 0.901. The quantitative estimate of drug-likeness (QED) is 0.0525. The second-order valence-corrected chi connectivity index (χ2v) is 17.8. The van der Waals surface area contributed by atoms with Gasteiger partial charge in [-0.05, 0) is 128 Å². The lowest BCUT2D eigenvalue weighted by atomic mass is 9.70. The summed E-state index contributed by atoms with van der Waals surface area (Å²) in [5.41, 5.74) is 0. The van der Waals surface area contributed by atoms with Crippen LogP contribution in [0.25, 0.3) is 0 Å². The average Bonchev–Trinajstić information content (AvgIpc) is 3.13. The minimum absolute atomic E-state index is 0.0147. The maximum atomic E-state index is 12.6. The van der Waals surface area contributed by atoms with Gasteiger partial charge >= 0.3 is 17.9 Å². The van der Waals surface area contributed by atoms with Crippen LogP contribution in [-0.2, 0) is 28.6 Å². The lowest BCUT2D eigenvalue weighted by Crippen LogP contribution is -2.32. The van der Waals surface area contributed by atoms with Gasteiger partial charge in [0.05, 0.1) is 0 Å². The van der Waals surface area contributed by atoms with Crippen molar-refractivity contribution in [3.05, 3.63) is 0 Å². The molecule has 0 amide bonds. The number of hydrogen-bond acceptors (Lipinski definition) is 7. The molecule has 0 bridgehead atoms. The summed E-state index contributed by atoms with van der Waals surface area (Å²) < 4.78 is 17.8. The third-order valence-electron chi connectivity index (χ3n) is 13.2. The molecule has 6 atom stereocenters. The largest absolute Gasteiger partial charge is 0.462 e. The van der Waals surface area contributed by atoms with Gasteiger partial charge in [0.15, 0.2) is 0 Å². The van der Waals surface area contributed by atoms with Crippen molar-refractivity contribution in [3.63, 3.8) is 0 Å². The van der Waals surface area contributed by atoms with Gasteiger partial charge in [-0.3, -0.25) is 14.4 Å². The van der Waals surface area contributed by atoms with Crippen LogP contribution in [-0.4, -0.2) is 61.8 Å². The first-order chi connectivity index (χ1) is 25.4. The number of nitrogens with zero attached hydrogens (tertiary/aromatic N) is 1. The maximum absolute atomic E-state index is 12.6. The van der Waals surface area contributed by atoms with E-state index in [4.69, 9.17) is 14.2 Å². The summed E-state index contributed by atoms with van der Waals surface area (Å²) in [7, 11) is 4.07. The fourth-order valence-electron chi connectivity index (χ4n) is 10.1. The number of carbonyl (C=O) groups excluding carboxylic acids is 3. The fraction of sp³-hybridized carbons (Fsp3) is 0.933. The molecule has 0 saturated heterocycles. The minimum Gasteiger partial charge on any atom is -0.462 e. The first-order valence-corrected chi connectivity index (χ1v) is 22.6. The zero-order valence-electron chi connectivity index (χ0n) is 33.8. The van der Waals surface area contributed by atoms with Crippen molar-refractivity contribution in [2.45, 2.75) is 224 Å². The van der Waals surface area contributed by atoms with Gasteiger partial charge in [-0.1, -0.05) is 103 Å². The number of ether oxygens (including phenoxy) is 3. The Morgan fingerprint density at radius 3 is 1.35 bits per heavy atom. The van der Waals surface area contributed by atoms with E-state index in [2.05, 4.69) is 4.90 Å². The van der Waals surface area contributed by atoms with Crippen molar-refractivity contribution in [1.82, 2.24) is 4.90 Å². The molecule has 4 fully saturated rings. The van der Waals surface area contributed by atoms with Crippen molar-refractivity contribution < 1.29 is 28.6 Å². The second kappa shape index (κ2) is 25.4. The standard InChI is InChI=1S/C45H79NO6/c1-46(2)33-19-28-45(49)50-40(24-11-7-3-5-9-13-26-43(47)51-41-31-29-36-20-15-17-22-38(36)34-41)25-12-8-4-6-10-14-27-44(48)52-42-32-30-37-21-16-18-23-39(37)35-42/h36-42H,3-35H2,1-2H3. The molecule has 6 unspecified atom stereocenters. The van der Waals surface area contributed by atoms with Crippen LogP contribution in [0.15, 0.2) is 0 Å². The third-order valence-corrected chi connectivity index (χ3v) is 13.2. The van der Waals surface area contributed by atoms with Crippen LogP contribution in [0.5, 0.6) is 0 Å². The third kappa shape index (κ3) is 17.7. The van der Waals surface area contributed by atoms with Crippen molar-refractivity contribution >= 4 is 17.9 Å². The van der Waals surface area contributed by atoms with E-state index >= 15 is 0 Å². The smallest absolute Gasteiger partial charge is 0.306 e. The van der Waals surface area contributed by atoms with Crippen LogP contribution in [0, 0.1) is 23.7 Å². The predicted octanol–water partition coefficient (Wildman–Crippen LogP) is 11.3. The Kier molecular flexibility index (Phi) is 21.1. The monoisotopic (exact) mass is 730 g/mol. The zero-order chi connectivity index (χ0) is 36.8. The van der Waals surface area contributed by atoms with E-state index in [1.54, 1.807) is 0 Å². The molecule has 0 aromatic heterocycles. The number of esters is 3. The second-order valence-electron chi connectivity index (χ2n) is 17.8. The van der Waals surface area contributed by atoms with Gasteiger partial charge in [0.2, 0.25) is 0 Å². The van der Waals surface area contributed by atoms with E-state index in [-0.39, 0.29) is 36.2 Å². The first-order valence-electron chi connectivity index (χ1n) is 22.6. The Hall–Kier alpha value is -1.63. The number of rotatable bonds is 25. The van der Waals surface area contributed by atoms with E-state index in [1.807, 2.05) is 14.1 Å². The molecule has 0 aromatic carbocycles. The maximum Gasteiger partial charge on any atom is 0.306 e. The van der Waals surface area contributed by atoms with E-state index in [0.29, 0.717) is 19.3 Å². The van der Waals surface area contributed by atoms with Gasteiger partial charge in [0.1, 0.15) is 18.3 Å². The molecule has 0 N–H and O–H groups in total. The molecule has 0 radical (unpaired) electrons. The first kappa shape index (κ1) is 43.1. The van der Waals surface area contributed by atoms with Crippen molar-refractivity contribution in [3.8, 4) is 0 Å². The summed E-state index contributed by atoms with van der Waals surface area (Å²) in [6, 6.07) is 0. The normalized spacial score (nSPS) is 26.6. The molecule has 4 saturated carbocycles. The topological polar surface area (TPSA) is 82.1 Å². The highest BCUT2D eigenvalue weighted by molar-refractivity contribution is 5.70. The summed E-state index contributed by atoms with van der Waals surface area (Å²) in [5.74, 6) is 3.34. The summed E-state index contributed by atoms with van der Waals surface area (Å²) in [6.07, 6.45) is 35.6. The number of fused-ring (bicyclic) bond motifs is 2. The molecule has 4 rings (SSSR count). The summed E-state index contributed by atoms with van der Waals surface area (Å²) in [4.78, 5) is 39.7. The summed E-state index contributed by atoms with van der Waals surface area (Å²) >= 11 is 0. The molecular formula is C45H79NO6. The van der Waals surface area contributed by atoms with Gasteiger partial charge in [-0.25, -0.2) is 0 Å². The molecule has 300 valence electrons.